The zero-order chi connectivity index (χ0) is 20.3. The first kappa shape index (κ1) is 18.3. The third-order valence-electron chi connectivity index (χ3n) is 4.82. The molecule has 0 unspecified atom stereocenters. The third-order valence-corrected chi connectivity index (χ3v) is 5.57. The minimum Gasteiger partial charge on any atom is -0.302 e. The number of aromatic nitrogens is 3. The van der Waals surface area contributed by atoms with Gasteiger partial charge in [-0.05, 0) is 34.5 Å². The second-order valence-corrected chi connectivity index (χ2v) is 7.81. The normalized spacial score (nSPS) is 10.9. The highest BCUT2D eigenvalue weighted by Crippen LogP contribution is 2.27. The summed E-state index contributed by atoms with van der Waals surface area (Å²) in [4.78, 5) is 17.1. The second kappa shape index (κ2) is 7.93. The van der Waals surface area contributed by atoms with Gasteiger partial charge in [-0.3, -0.25) is 4.79 Å². The van der Waals surface area contributed by atoms with Gasteiger partial charge in [-0.2, -0.15) is 5.10 Å². The van der Waals surface area contributed by atoms with Gasteiger partial charge in [0.1, 0.15) is 0 Å². The van der Waals surface area contributed by atoms with E-state index in [0.29, 0.717) is 5.13 Å². The van der Waals surface area contributed by atoms with E-state index in [1.165, 1.54) is 22.1 Å². The van der Waals surface area contributed by atoms with Crippen LogP contribution in [-0.4, -0.2) is 20.7 Å². The van der Waals surface area contributed by atoms with E-state index in [1.807, 2.05) is 54.0 Å². The molecule has 0 radical (unpaired) electrons. The molecule has 0 spiro atoms. The van der Waals surface area contributed by atoms with E-state index in [-0.39, 0.29) is 12.3 Å². The third kappa shape index (κ3) is 3.86. The fourth-order valence-corrected chi connectivity index (χ4v) is 4.07. The fraction of sp³-hybridized carbons (Fsp3) is 0.0417. The van der Waals surface area contributed by atoms with Crippen LogP contribution in [-0.2, 0) is 11.2 Å². The molecule has 5 nitrogen and oxygen atoms in total. The fourth-order valence-electron chi connectivity index (χ4n) is 3.33. The number of carbonyl (C=O) groups excluding carboxylic acids is 1. The van der Waals surface area contributed by atoms with Crippen LogP contribution in [0.3, 0.4) is 0 Å². The summed E-state index contributed by atoms with van der Waals surface area (Å²) < 4.78 is 1.77. The van der Waals surface area contributed by atoms with Crippen molar-refractivity contribution in [2.24, 2.45) is 0 Å². The van der Waals surface area contributed by atoms with E-state index >= 15 is 0 Å². The lowest BCUT2D eigenvalue weighted by atomic mass is 10.1. The van der Waals surface area contributed by atoms with Crippen LogP contribution in [0.5, 0.6) is 0 Å². The number of benzene rings is 3. The molecular formula is C24H18N4OS. The number of carbonyl (C=O) groups is 1. The van der Waals surface area contributed by atoms with Crippen LogP contribution in [0, 0.1) is 0 Å². The number of nitrogens with one attached hydrogen (secondary N) is 1. The van der Waals surface area contributed by atoms with Crippen molar-refractivity contribution in [3.63, 3.8) is 0 Å². The molecule has 0 aliphatic heterocycles. The minimum atomic E-state index is -0.109. The van der Waals surface area contributed by atoms with Crippen molar-refractivity contribution in [3.05, 3.63) is 96.1 Å². The number of nitrogens with zero attached hydrogens (tertiary/aromatic N) is 3. The molecule has 2 heterocycles. The van der Waals surface area contributed by atoms with E-state index in [9.17, 15) is 4.79 Å². The first-order chi connectivity index (χ1) is 14.7. The van der Waals surface area contributed by atoms with Gasteiger partial charge in [0.15, 0.2) is 5.13 Å². The van der Waals surface area contributed by atoms with Crippen LogP contribution in [0.4, 0.5) is 5.13 Å². The first-order valence-corrected chi connectivity index (χ1v) is 10.5. The maximum absolute atomic E-state index is 12.5. The van der Waals surface area contributed by atoms with Crippen LogP contribution in [0.15, 0.2) is 90.6 Å². The van der Waals surface area contributed by atoms with Crippen LogP contribution < -0.4 is 5.32 Å². The SMILES string of the molecule is O=C(Cc1cnn(-c2ccccc2)c1)Nc1nc(-c2ccc3ccccc3c2)cs1. The van der Waals surface area contributed by atoms with Gasteiger partial charge >= 0.3 is 0 Å². The summed E-state index contributed by atoms with van der Waals surface area (Å²) >= 11 is 1.43. The molecule has 0 bridgehead atoms. The molecule has 5 rings (SSSR count). The summed E-state index contributed by atoms with van der Waals surface area (Å²) in [6.45, 7) is 0. The van der Waals surface area contributed by atoms with E-state index in [1.54, 1.807) is 10.9 Å². The molecule has 0 fully saturated rings. The summed E-state index contributed by atoms with van der Waals surface area (Å²) in [6, 6.07) is 24.3. The number of fused-ring (bicyclic) bond motifs is 1. The average Bonchev–Trinajstić information content (AvgIpc) is 3.44. The van der Waals surface area contributed by atoms with Crippen LogP contribution in [0.25, 0.3) is 27.7 Å². The zero-order valence-corrected chi connectivity index (χ0v) is 16.8. The highest BCUT2D eigenvalue weighted by Gasteiger charge is 2.11. The van der Waals surface area contributed by atoms with Gasteiger partial charge in [0.25, 0.3) is 0 Å². The summed E-state index contributed by atoms with van der Waals surface area (Å²) in [5.74, 6) is -0.109. The molecular weight excluding hydrogens is 392 g/mol. The van der Waals surface area contributed by atoms with Gasteiger partial charge in [-0.25, -0.2) is 9.67 Å². The maximum atomic E-state index is 12.5. The van der Waals surface area contributed by atoms with Crippen LogP contribution in [0.2, 0.25) is 0 Å². The lowest BCUT2D eigenvalue weighted by Crippen LogP contribution is -2.13. The Morgan fingerprint density at radius 3 is 2.63 bits per heavy atom. The second-order valence-electron chi connectivity index (χ2n) is 6.95. The van der Waals surface area contributed by atoms with Gasteiger partial charge in [-0.1, -0.05) is 54.6 Å². The highest BCUT2D eigenvalue weighted by atomic mass is 32.1. The Morgan fingerprint density at radius 2 is 1.77 bits per heavy atom. The van der Waals surface area contributed by atoms with Crippen LogP contribution in [0.1, 0.15) is 5.56 Å². The van der Waals surface area contributed by atoms with Crippen molar-refractivity contribution in [2.45, 2.75) is 6.42 Å². The number of hydrogen-bond donors (Lipinski definition) is 1. The lowest BCUT2D eigenvalue weighted by Gasteiger charge is -2.02. The van der Waals surface area contributed by atoms with Crippen molar-refractivity contribution in [3.8, 4) is 16.9 Å². The van der Waals surface area contributed by atoms with Crippen molar-refractivity contribution in [1.82, 2.24) is 14.8 Å². The van der Waals surface area contributed by atoms with Gasteiger partial charge in [0, 0.05) is 17.1 Å². The summed E-state index contributed by atoms with van der Waals surface area (Å²) in [7, 11) is 0. The largest absolute Gasteiger partial charge is 0.302 e. The average molecular weight is 411 g/mol. The molecule has 30 heavy (non-hydrogen) atoms. The lowest BCUT2D eigenvalue weighted by molar-refractivity contribution is -0.115. The Bertz CT molecular complexity index is 1320. The molecule has 1 N–H and O–H groups in total. The number of para-hydroxylation sites is 1. The Balaban J connectivity index is 1.27. The van der Waals surface area contributed by atoms with E-state index in [2.05, 4.69) is 45.7 Å². The van der Waals surface area contributed by atoms with Gasteiger partial charge in [0.05, 0.1) is 24.0 Å². The molecule has 146 valence electrons. The highest BCUT2D eigenvalue weighted by molar-refractivity contribution is 7.14. The van der Waals surface area contributed by atoms with Crippen molar-refractivity contribution in [1.29, 1.82) is 0 Å². The van der Waals surface area contributed by atoms with Crippen molar-refractivity contribution in [2.75, 3.05) is 5.32 Å². The van der Waals surface area contributed by atoms with Gasteiger partial charge < -0.3 is 5.32 Å². The molecule has 0 saturated carbocycles. The molecule has 6 heteroatoms. The summed E-state index contributed by atoms with van der Waals surface area (Å²) in [5, 5.41) is 12.2. The molecule has 0 aliphatic carbocycles. The number of hydrogen-bond acceptors (Lipinski definition) is 4. The predicted octanol–water partition coefficient (Wildman–Crippen LogP) is 5.33. The molecule has 1 amide bonds. The van der Waals surface area contributed by atoms with E-state index in [4.69, 9.17) is 0 Å². The molecule has 2 aromatic heterocycles. The number of amides is 1. The van der Waals surface area contributed by atoms with Crippen molar-refractivity contribution >= 4 is 33.1 Å². The van der Waals surface area contributed by atoms with Crippen molar-refractivity contribution < 1.29 is 4.79 Å². The van der Waals surface area contributed by atoms with Gasteiger partial charge in [0.2, 0.25) is 5.91 Å². The molecule has 0 saturated heterocycles. The monoisotopic (exact) mass is 410 g/mol. The van der Waals surface area contributed by atoms with Gasteiger partial charge in [-0.15, -0.1) is 11.3 Å². The topological polar surface area (TPSA) is 59.8 Å². The summed E-state index contributed by atoms with van der Waals surface area (Å²) in [5.41, 5.74) is 3.71. The quantitative estimate of drug-likeness (QED) is 0.426. The minimum absolute atomic E-state index is 0.109. The number of thiazole rings is 1. The predicted molar refractivity (Wildman–Crippen MR) is 121 cm³/mol. The molecule has 0 atom stereocenters. The standard InChI is InChI=1S/C24H18N4OS/c29-23(12-17-14-25-28(15-17)21-8-2-1-3-9-21)27-24-26-22(16-30-24)20-11-10-18-6-4-5-7-19(18)13-20/h1-11,13-16H,12H2,(H,26,27,29). The Morgan fingerprint density at radius 1 is 0.967 bits per heavy atom. The first-order valence-electron chi connectivity index (χ1n) is 9.58. The maximum Gasteiger partial charge on any atom is 0.230 e. The Labute approximate surface area is 177 Å². The van der Waals surface area contributed by atoms with Crippen LogP contribution >= 0.6 is 11.3 Å². The molecule has 5 aromatic rings. The smallest absolute Gasteiger partial charge is 0.230 e. The molecule has 3 aromatic carbocycles. The van der Waals surface area contributed by atoms with E-state index in [0.717, 1.165) is 22.5 Å². The Hall–Kier alpha value is -3.77. The summed E-state index contributed by atoms with van der Waals surface area (Å²) in [6.07, 6.45) is 3.84. The Kier molecular flexibility index (Phi) is 4.83. The molecule has 0 aliphatic rings. The van der Waals surface area contributed by atoms with E-state index < -0.39 is 0 Å². The number of rotatable bonds is 5. The zero-order valence-electron chi connectivity index (χ0n) is 16.0. The number of anilines is 1.